The predicted octanol–water partition coefficient (Wildman–Crippen LogP) is -1.39. The summed E-state index contributed by atoms with van der Waals surface area (Å²) in [6.07, 6.45) is 0. The number of aromatic nitrogens is 5. The topological polar surface area (TPSA) is 56.5 Å². The minimum Gasteiger partial charge on any atom is -0.147 e. The molecule has 1 aromatic heterocycles. The van der Waals surface area contributed by atoms with E-state index in [2.05, 4.69) is 20.9 Å². The van der Waals surface area contributed by atoms with Crippen molar-refractivity contribution >= 4 is 0 Å². The molecule has 0 aromatic carbocycles. The minimum absolute atomic E-state index is 1.28. The van der Waals surface area contributed by atoms with Crippen molar-refractivity contribution < 1.29 is 0 Å². The van der Waals surface area contributed by atoms with Crippen LogP contribution in [-0.2, 0) is 7.05 Å². The molecule has 0 bridgehead atoms. The van der Waals surface area contributed by atoms with Crippen molar-refractivity contribution in [2.45, 2.75) is 0 Å². The van der Waals surface area contributed by atoms with Gasteiger partial charge in [-0.1, -0.05) is 0 Å². The van der Waals surface area contributed by atoms with Gasteiger partial charge in [0.2, 0.25) is 0 Å². The fourth-order valence-electron chi connectivity index (χ4n) is 0.169. The molecule has 1 aromatic rings. The van der Waals surface area contributed by atoms with Crippen molar-refractivity contribution in [3.63, 3.8) is 0 Å². The third kappa shape index (κ3) is 0.333. The second kappa shape index (κ2) is 1.00. The average molecular weight is 85.1 g/mol. The monoisotopic (exact) mass is 85.0 g/mol. The van der Waals surface area contributed by atoms with E-state index in [0.717, 1.165) is 0 Å². The maximum absolute atomic E-state index is 3.36. The van der Waals surface area contributed by atoms with Crippen LogP contribution in [0.5, 0.6) is 0 Å². The van der Waals surface area contributed by atoms with E-state index in [-0.39, 0.29) is 0 Å². The summed E-state index contributed by atoms with van der Waals surface area (Å²) in [5, 5.41) is 13.1. The Balaban J connectivity index is 3.05. The van der Waals surface area contributed by atoms with Crippen molar-refractivity contribution in [1.82, 2.24) is 25.7 Å². The number of hydrogen-bond acceptors (Lipinski definition) is 4. The van der Waals surface area contributed by atoms with Crippen molar-refractivity contribution in [1.29, 1.82) is 0 Å². The molecule has 0 saturated heterocycles. The molecule has 0 unspecified atom stereocenters. The van der Waals surface area contributed by atoms with Crippen molar-refractivity contribution in [3.8, 4) is 0 Å². The van der Waals surface area contributed by atoms with Crippen LogP contribution in [0.4, 0.5) is 0 Å². The van der Waals surface area contributed by atoms with E-state index in [0.29, 0.717) is 0 Å². The number of aryl methyl sites for hydroxylation is 1. The van der Waals surface area contributed by atoms with Crippen LogP contribution in [0.1, 0.15) is 0 Å². The van der Waals surface area contributed by atoms with Crippen molar-refractivity contribution in [2.24, 2.45) is 7.05 Å². The molecule has 0 aliphatic heterocycles. The molecule has 0 N–H and O–H groups in total. The highest BCUT2D eigenvalue weighted by atomic mass is 15.7. The Bertz CT molecular complexity index is 107. The van der Waals surface area contributed by atoms with E-state index in [1.807, 2.05) is 0 Å². The van der Waals surface area contributed by atoms with Gasteiger partial charge in [0.25, 0.3) is 0 Å². The lowest BCUT2D eigenvalue weighted by Crippen LogP contribution is -1.91. The zero-order valence-corrected chi connectivity index (χ0v) is 3.24. The molecule has 6 heavy (non-hydrogen) atoms. The van der Waals surface area contributed by atoms with Crippen LogP contribution < -0.4 is 0 Å². The van der Waals surface area contributed by atoms with Crippen LogP contribution in [0.15, 0.2) is 0 Å². The summed E-state index contributed by atoms with van der Waals surface area (Å²) in [6, 6.07) is 0. The molecule has 0 aliphatic rings. The summed E-state index contributed by atoms with van der Waals surface area (Å²) in [6.45, 7) is 0. The standard InChI is InChI=1S/CH3N5/c1-6-4-2-3-5-6/h1H3. The molecule has 0 amide bonds. The molecule has 0 spiro atoms. The SMILES string of the molecule is Cn1nnnn1. The van der Waals surface area contributed by atoms with Gasteiger partial charge in [-0.3, -0.25) is 0 Å². The van der Waals surface area contributed by atoms with E-state index in [1.54, 1.807) is 7.05 Å². The Hall–Kier alpha value is -1.00. The molecule has 5 heteroatoms. The number of nitrogens with zero attached hydrogens (tertiary/aromatic N) is 5. The van der Waals surface area contributed by atoms with E-state index >= 15 is 0 Å². The van der Waals surface area contributed by atoms with Crippen LogP contribution in [0.25, 0.3) is 0 Å². The molecule has 5 nitrogen and oxygen atoms in total. The van der Waals surface area contributed by atoms with Crippen molar-refractivity contribution in [3.05, 3.63) is 0 Å². The summed E-state index contributed by atoms with van der Waals surface area (Å²) in [7, 11) is 1.65. The second-order valence-electron chi connectivity index (χ2n) is 0.847. The lowest BCUT2D eigenvalue weighted by atomic mass is 11.5. The average Bonchev–Trinajstić information content (AvgIpc) is 1.86. The fourth-order valence-corrected chi connectivity index (χ4v) is 0.169. The first kappa shape index (κ1) is 3.20. The second-order valence-corrected chi connectivity index (χ2v) is 0.847. The smallest absolute Gasteiger partial charge is 0.0532 e. The minimum atomic E-state index is 1.28. The fraction of sp³-hybridized carbons (Fsp3) is 1.00. The molecule has 0 fully saturated rings. The Morgan fingerprint density at radius 3 is 1.83 bits per heavy atom. The van der Waals surface area contributed by atoms with Crippen LogP contribution in [0.2, 0.25) is 0 Å². The quantitative estimate of drug-likeness (QED) is 0.389. The summed E-state index contributed by atoms with van der Waals surface area (Å²) in [5.74, 6) is 0. The van der Waals surface area contributed by atoms with Gasteiger partial charge in [-0.2, -0.15) is 0 Å². The Morgan fingerprint density at radius 2 is 1.67 bits per heavy atom. The maximum Gasteiger partial charge on any atom is 0.0532 e. The lowest BCUT2D eigenvalue weighted by Gasteiger charge is -1.68. The van der Waals surface area contributed by atoms with Crippen LogP contribution in [0.3, 0.4) is 0 Å². The van der Waals surface area contributed by atoms with Gasteiger partial charge in [0.15, 0.2) is 0 Å². The Morgan fingerprint density at radius 1 is 1.17 bits per heavy atom. The van der Waals surface area contributed by atoms with E-state index in [9.17, 15) is 0 Å². The molecule has 0 atom stereocenters. The summed E-state index contributed by atoms with van der Waals surface area (Å²) in [5.41, 5.74) is 0. The molecule has 0 aliphatic carbocycles. The highest BCUT2D eigenvalue weighted by Gasteiger charge is 1.74. The largest absolute Gasteiger partial charge is 0.147 e. The molecular weight excluding hydrogens is 82.0 g/mol. The van der Waals surface area contributed by atoms with E-state index < -0.39 is 0 Å². The number of rotatable bonds is 0. The highest BCUT2D eigenvalue weighted by Crippen LogP contribution is 1.48. The molecular formula is CH3N5. The maximum atomic E-state index is 3.36. The van der Waals surface area contributed by atoms with Gasteiger partial charge in [0.1, 0.15) is 0 Å². The van der Waals surface area contributed by atoms with Crippen LogP contribution >= 0.6 is 0 Å². The molecule has 1 rings (SSSR count). The Kier molecular flexibility index (Phi) is 0.533. The summed E-state index contributed by atoms with van der Waals surface area (Å²) in [4.78, 5) is 1.28. The van der Waals surface area contributed by atoms with E-state index in [4.69, 9.17) is 0 Å². The molecule has 0 saturated carbocycles. The first-order valence-electron chi connectivity index (χ1n) is 1.45. The normalized spacial score (nSPS) is 8.83. The summed E-state index contributed by atoms with van der Waals surface area (Å²) >= 11 is 0. The molecule has 32 valence electrons. The molecule has 0 radical (unpaired) electrons. The predicted molar refractivity (Wildman–Crippen MR) is 16.6 cm³/mol. The van der Waals surface area contributed by atoms with Gasteiger partial charge in [-0.15, -0.1) is 4.80 Å². The van der Waals surface area contributed by atoms with Crippen molar-refractivity contribution in [2.75, 3.05) is 0 Å². The first-order chi connectivity index (χ1) is 2.89. The van der Waals surface area contributed by atoms with Gasteiger partial charge in [0, 0.05) is 0 Å². The van der Waals surface area contributed by atoms with Crippen LogP contribution in [0, 0.1) is 0 Å². The first-order valence-corrected chi connectivity index (χ1v) is 1.45. The van der Waals surface area contributed by atoms with Gasteiger partial charge in [0.05, 0.1) is 7.05 Å². The lowest BCUT2D eigenvalue weighted by molar-refractivity contribution is 0.622. The zero-order valence-electron chi connectivity index (χ0n) is 3.24. The molecule has 1 heterocycles. The van der Waals surface area contributed by atoms with Crippen LogP contribution in [-0.4, -0.2) is 25.7 Å². The summed E-state index contributed by atoms with van der Waals surface area (Å²) < 4.78 is 0. The van der Waals surface area contributed by atoms with Gasteiger partial charge < -0.3 is 0 Å². The highest BCUT2D eigenvalue weighted by molar-refractivity contribution is 4.01. The van der Waals surface area contributed by atoms with E-state index in [1.165, 1.54) is 4.80 Å². The third-order valence-corrected chi connectivity index (χ3v) is 0.379. The van der Waals surface area contributed by atoms with Gasteiger partial charge >= 0.3 is 0 Å². The Labute approximate surface area is 33.9 Å². The zero-order chi connectivity index (χ0) is 4.41. The number of hydrogen-bond donors (Lipinski definition) is 0. The van der Waals surface area contributed by atoms with Gasteiger partial charge in [-0.05, 0) is 20.9 Å². The third-order valence-electron chi connectivity index (χ3n) is 0.379. The van der Waals surface area contributed by atoms with Gasteiger partial charge in [-0.25, -0.2) is 0 Å².